The van der Waals surface area contributed by atoms with Crippen molar-refractivity contribution < 1.29 is 43.2 Å². The van der Waals surface area contributed by atoms with Crippen LogP contribution < -0.4 is 0 Å². The first-order chi connectivity index (χ1) is 21.0. The maximum Gasteiger partial charge on any atom is 0.338 e. The number of hydrogen-bond acceptors (Lipinski definition) is 9. The van der Waals surface area contributed by atoms with Crippen LogP contribution in [0.15, 0.2) is 121 Å². The van der Waals surface area contributed by atoms with Crippen molar-refractivity contribution in [3.63, 3.8) is 0 Å². The topological polar surface area (TPSA) is 118 Å². The standard InChI is InChI=1S/C34H30O9/c35-21-27-28(41-31(36)24-15-7-2-8-16-24)29(42-32(37)25-17-9-3-10-18-25)30(43-33(38)26-19-11-4-12-20-26)34(40-27)39-22-23-13-5-1-6-14-23/h1-20,27-30,34-35H,21-22H2/t27-,28-,29+,30-,34-/m1/s1. The van der Waals surface area contributed by atoms with Gasteiger partial charge in [0, 0.05) is 0 Å². The average molecular weight is 583 g/mol. The minimum atomic E-state index is -1.42. The highest BCUT2D eigenvalue weighted by atomic mass is 16.7. The predicted octanol–water partition coefficient (Wildman–Crippen LogP) is 4.60. The lowest BCUT2D eigenvalue weighted by molar-refractivity contribution is -0.301. The zero-order valence-corrected chi connectivity index (χ0v) is 23.1. The molecule has 1 saturated heterocycles. The van der Waals surface area contributed by atoms with Gasteiger partial charge in [0.25, 0.3) is 0 Å². The van der Waals surface area contributed by atoms with Gasteiger partial charge in [0.05, 0.1) is 29.9 Å². The third-order valence-corrected chi connectivity index (χ3v) is 6.79. The van der Waals surface area contributed by atoms with Crippen LogP contribution in [0, 0.1) is 0 Å². The highest BCUT2D eigenvalue weighted by Gasteiger charge is 2.53. The molecule has 9 nitrogen and oxygen atoms in total. The molecule has 1 heterocycles. The van der Waals surface area contributed by atoms with E-state index in [-0.39, 0.29) is 23.3 Å². The van der Waals surface area contributed by atoms with Crippen molar-refractivity contribution in [1.29, 1.82) is 0 Å². The molecule has 9 heteroatoms. The van der Waals surface area contributed by atoms with Gasteiger partial charge in [-0.1, -0.05) is 84.9 Å². The lowest BCUT2D eigenvalue weighted by Crippen LogP contribution is -2.62. The third-order valence-electron chi connectivity index (χ3n) is 6.79. The van der Waals surface area contributed by atoms with Crippen molar-refractivity contribution in [2.75, 3.05) is 6.61 Å². The summed E-state index contributed by atoms with van der Waals surface area (Å²) in [6.07, 6.45) is -6.66. The summed E-state index contributed by atoms with van der Waals surface area (Å²) < 4.78 is 29.8. The Hall–Kier alpha value is -4.83. The molecule has 0 radical (unpaired) electrons. The van der Waals surface area contributed by atoms with E-state index in [0.717, 1.165) is 5.56 Å². The minimum Gasteiger partial charge on any atom is -0.452 e. The van der Waals surface area contributed by atoms with E-state index in [2.05, 4.69) is 0 Å². The Labute approximate surface area is 248 Å². The number of esters is 3. The molecular formula is C34H30O9. The van der Waals surface area contributed by atoms with E-state index in [1.165, 1.54) is 0 Å². The number of ether oxygens (including phenoxy) is 5. The molecule has 0 spiro atoms. The van der Waals surface area contributed by atoms with Crippen LogP contribution in [-0.4, -0.2) is 60.3 Å². The fourth-order valence-corrected chi connectivity index (χ4v) is 4.61. The number of carbonyl (C=O) groups is 3. The molecule has 0 amide bonds. The first-order valence-corrected chi connectivity index (χ1v) is 13.7. The Morgan fingerprint density at radius 1 is 0.558 bits per heavy atom. The quantitative estimate of drug-likeness (QED) is 0.212. The summed E-state index contributed by atoms with van der Waals surface area (Å²) in [5.41, 5.74) is 1.49. The lowest BCUT2D eigenvalue weighted by atomic mass is 9.97. The second kappa shape index (κ2) is 14.4. The van der Waals surface area contributed by atoms with Crippen molar-refractivity contribution in [3.8, 4) is 0 Å². The van der Waals surface area contributed by atoms with E-state index in [1.807, 2.05) is 30.3 Å². The Balaban J connectivity index is 1.51. The molecule has 1 aliphatic heterocycles. The van der Waals surface area contributed by atoms with E-state index in [4.69, 9.17) is 23.7 Å². The summed E-state index contributed by atoms with van der Waals surface area (Å²) in [6.45, 7) is -0.562. The summed E-state index contributed by atoms with van der Waals surface area (Å²) >= 11 is 0. The Bertz CT molecular complexity index is 1480. The highest BCUT2D eigenvalue weighted by molar-refractivity contribution is 5.91. The van der Waals surface area contributed by atoms with Gasteiger partial charge in [-0.25, -0.2) is 14.4 Å². The monoisotopic (exact) mass is 582 g/mol. The van der Waals surface area contributed by atoms with Gasteiger partial charge in [-0.3, -0.25) is 0 Å². The van der Waals surface area contributed by atoms with Crippen molar-refractivity contribution >= 4 is 17.9 Å². The molecule has 220 valence electrons. The Morgan fingerprint density at radius 3 is 1.40 bits per heavy atom. The molecule has 0 aromatic heterocycles. The van der Waals surface area contributed by atoms with E-state index in [9.17, 15) is 19.5 Å². The van der Waals surface area contributed by atoms with E-state index in [1.54, 1.807) is 91.0 Å². The Kier molecular flexibility index (Phi) is 9.91. The second-order valence-electron chi connectivity index (χ2n) is 9.73. The fourth-order valence-electron chi connectivity index (χ4n) is 4.61. The number of carbonyl (C=O) groups excluding carboxylic acids is 3. The summed E-state index contributed by atoms with van der Waals surface area (Å²) in [4.78, 5) is 39.8. The van der Waals surface area contributed by atoms with Gasteiger partial charge in [-0.2, -0.15) is 0 Å². The smallest absolute Gasteiger partial charge is 0.338 e. The summed E-state index contributed by atoms with van der Waals surface area (Å²) in [6, 6.07) is 33.9. The van der Waals surface area contributed by atoms with Crippen LogP contribution in [0.2, 0.25) is 0 Å². The maximum absolute atomic E-state index is 13.3. The fraction of sp³-hybridized carbons (Fsp3) is 0.206. The first-order valence-electron chi connectivity index (χ1n) is 13.7. The summed E-state index contributed by atoms with van der Waals surface area (Å²) in [7, 11) is 0. The molecule has 0 saturated carbocycles. The van der Waals surface area contributed by atoms with Crippen LogP contribution in [0.4, 0.5) is 0 Å². The van der Waals surface area contributed by atoms with Gasteiger partial charge >= 0.3 is 17.9 Å². The molecule has 4 aromatic rings. The molecule has 5 rings (SSSR count). The van der Waals surface area contributed by atoms with Crippen LogP contribution in [0.5, 0.6) is 0 Å². The zero-order chi connectivity index (χ0) is 30.0. The van der Waals surface area contributed by atoms with Gasteiger partial charge in [-0.05, 0) is 42.0 Å². The molecular weight excluding hydrogens is 552 g/mol. The molecule has 4 aromatic carbocycles. The largest absolute Gasteiger partial charge is 0.452 e. The van der Waals surface area contributed by atoms with Crippen molar-refractivity contribution in [2.45, 2.75) is 37.3 Å². The van der Waals surface area contributed by atoms with Gasteiger partial charge < -0.3 is 28.8 Å². The van der Waals surface area contributed by atoms with Gasteiger partial charge in [0.1, 0.15) is 6.10 Å². The van der Waals surface area contributed by atoms with Crippen molar-refractivity contribution in [2.24, 2.45) is 0 Å². The molecule has 1 fully saturated rings. The SMILES string of the molecule is O=C(O[C@@H]1[C@@H](OC(=O)c2ccccc2)[C@H](OCc2ccccc2)O[C@H](CO)[C@H]1OC(=O)c1ccccc1)c1ccccc1. The van der Waals surface area contributed by atoms with Crippen molar-refractivity contribution in [3.05, 3.63) is 144 Å². The molecule has 0 aliphatic carbocycles. The molecule has 0 unspecified atom stereocenters. The molecule has 5 atom stereocenters. The number of aliphatic hydroxyl groups excluding tert-OH is 1. The number of aliphatic hydroxyl groups is 1. The average Bonchev–Trinajstić information content (AvgIpc) is 3.07. The summed E-state index contributed by atoms with van der Waals surface area (Å²) in [5.74, 6) is -2.24. The number of hydrogen-bond donors (Lipinski definition) is 1. The van der Waals surface area contributed by atoms with E-state index in [0.29, 0.717) is 0 Å². The third kappa shape index (κ3) is 7.52. The summed E-state index contributed by atoms with van der Waals surface area (Å²) in [5, 5.41) is 10.3. The van der Waals surface area contributed by atoms with Crippen LogP contribution >= 0.6 is 0 Å². The normalized spacial score (nSPS) is 21.4. The van der Waals surface area contributed by atoms with Crippen LogP contribution in [-0.2, 0) is 30.3 Å². The Morgan fingerprint density at radius 2 is 0.953 bits per heavy atom. The van der Waals surface area contributed by atoms with Gasteiger partial charge in [-0.15, -0.1) is 0 Å². The molecule has 0 bridgehead atoms. The molecule has 1 N–H and O–H groups in total. The second-order valence-corrected chi connectivity index (χ2v) is 9.73. The van der Waals surface area contributed by atoms with Crippen molar-refractivity contribution in [1.82, 2.24) is 0 Å². The lowest BCUT2D eigenvalue weighted by Gasteiger charge is -2.44. The van der Waals surface area contributed by atoms with Gasteiger partial charge in [0.15, 0.2) is 24.6 Å². The minimum absolute atomic E-state index is 0.0524. The molecule has 1 aliphatic rings. The first kappa shape index (κ1) is 29.7. The zero-order valence-electron chi connectivity index (χ0n) is 23.1. The van der Waals surface area contributed by atoms with E-state index >= 15 is 0 Å². The predicted molar refractivity (Wildman–Crippen MR) is 154 cm³/mol. The van der Waals surface area contributed by atoms with Crippen LogP contribution in [0.1, 0.15) is 36.6 Å². The van der Waals surface area contributed by atoms with Crippen LogP contribution in [0.25, 0.3) is 0 Å². The van der Waals surface area contributed by atoms with E-state index < -0.39 is 55.2 Å². The number of benzene rings is 4. The number of rotatable bonds is 10. The molecule has 43 heavy (non-hydrogen) atoms. The highest BCUT2D eigenvalue weighted by Crippen LogP contribution is 2.31. The maximum atomic E-state index is 13.3. The van der Waals surface area contributed by atoms with Crippen LogP contribution in [0.3, 0.4) is 0 Å². The van der Waals surface area contributed by atoms with Gasteiger partial charge in [0.2, 0.25) is 0 Å².